The predicted molar refractivity (Wildman–Crippen MR) is 82.7 cm³/mol. The second kappa shape index (κ2) is 5.04. The second-order valence-corrected chi connectivity index (χ2v) is 5.89. The fourth-order valence-electron chi connectivity index (χ4n) is 1.74. The molecule has 0 unspecified atom stereocenters. The van der Waals surface area contributed by atoms with Gasteiger partial charge >= 0.3 is 0 Å². The van der Waals surface area contributed by atoms with E-state index in [4.69, 9.17) is 0 Å². The molecule has 3 heteroatoms. The van der Waals surface area contributed by atoms with Crippen LogP contribution in [-0.4, -0.2) is 4.98 Å². The molecule has 0 atom stereocenters. The van der Waals surface area contributed by atoms with Crippen LogP contribution in [0.25, 0.3) is 22.4 Å². The van der Waals surface area contributed by atoms with Crippen LogP contribution < -0.4 is 0 Å². The third kappa shape index (κ3) is 2.52. The smallest absolute Gasteiger partial charge is 0.117 e. The van der Waals surface area contributed by atoms with Crippen molar-refractivity contribution in [3.8, 4) is 0 Å². The Kier molecular flexibility index (Phi) is 3.26. The minimum absolute atomic E-state index is 1.04. The van der Waals surface area contributed by atoms with Gasteiger partial charge in [0.05, 0.1) is 10.2 Å². The number of halogens is 1. The van der Waals surface area contributed by atoms with Crippen LogP contribution in [0, 0.1) is 0 Å². The number of hydrogen-bond donors (Lipinski definition) is 0. The summed E-state index contributed by atoms with van der Waals surface area (Å²) >= 11 is 5.18. The van der Waals surface area contributed by atoms with E-state index >= 15 is 0 Å². The van der Waals surface area contributed by atoms with E-state index in [9.17, 15) is 0 Å². The highest BCUT2D eigenvalue weighted by Crippen LogP contribution is 2.23. The van der Waals surface area contributed by atoms with E-state index in [-0.39, 0.29) is 0 Å². The lowest BCUT2D eigenvalue weighted by Crippen LogP contribution is -1.72. The van der Waals surface area contributed by atoms with E-state index in [0.29, 0.717) is 0 Å². The molecule has 0 aliphatic heterocycles. The van der Waals surface area contributed by atoms with Crippen LogP contribution in [0.3, 0.4) is 0 Å². The van der Waals surface area contributed by atoms with Gasteiger partial charge in [0.25, 0.3) is 0 Å². The fraction of sp³-hybridized carbons (Fsp3) is 0. The molecule has 0 saturated carbocycles. The quantitative estimate of drug-likeness (QED) is 0.631. The molecule has 0 radical (unpaired) electrons. The van der Waals surface area contributed by atoms with Gasteiger partial charge in [-0.2, -0.15) is 0 Å². The van der Waals surface area contributed by atoms with Crippen LogP contribution in [0.15, 0.2) is 53.0 Å². The number of aromatic nitrogens is 1. The van der Waals surface area contributed by atoms with Crippen molar-refractivity contribution in [2.45, 2.75) is 0 Å². The summed E-state index contributed by atoms with van der Waals surface area (Å²) in [5.74, 6) is 0. The lowest BCUT2D eigenvalue weighted by Gasteiger charge is -1.93. The molecule has 0 spiro atoms. The van der Waals surface area contributed by atoms with E-state index < -0.39 is 0 Å². The number of benzene rings is 2. The number of fused-ring (bicyclic) bond motifs is 1. The average Bonchev–Trinajstić information content (AvgIpc) is 2.79. The Labute approximate surface area is 118 Å². The number of nitrogens with zero attached hydrogens (tertiary/aromatic N) is 1. The van der Waals surface area contributed by atoms with Gasteiger partial charge in [-0.05, 0) is 35.9 Å². The molecule has 0 saturated heterocycles. The Morgan fingerprint density at radius 1 is 1.00 bits per heavy atom. The molecule has 0 aliphatic rings. The summed E-state index contributed by atoms with van der Waals surface area (Å²) in [7, 11) is 0. The van der Waals surface area contributed by atoms with Gasteiger partial charge < -0.3 is 0 Å². The lowest BCUT2D eigenvalue weighted by molar-refractivity contribution is 1.46. The van der Waals surface area contributed by atoms with Crippen LogP contribution in [0.4, 0.5) is 0 Å². The summed E-state index contributed by atoms with van der Waals surface area (Å²) < 4.78 is 2.32. The van der Waals surface area contributed by atoms with Crippen molar-refractivity contribution in [1.29, 1.82) is 0 Å². The Hall–Kier alpha value is -1.45. The molecular formula is C15H10BrNS. The first-order chi connectivity index (χ1) is 8.81. The molecule has 3 rings (SSSR count). The van der Waals surface area contributed by atoms with Gasteiger partial charge in [0.2, 0.25) is 0 Å². The maximum atomic E-state index is 4.57. The highest BCUT2D eigenvalue weighted by Gasteiger charge is 1.99. The first-order valence-electron chi connectivity index (χ1n) is 5.60. The summed E-state index contributed by atoms with van der Waals surface area (Å²) in [4.78, 5) is 4.57. The van der Waals surface area contributed by atoms with E-state index in [1.165, 1.54) is 10.3 Å². The Balaban J connectivity index is 1.92. The SMILES string of the molecule is Brc1cccc(C=Cc2nc3ccccc3s2)c1. The van der Waals surface area contributed by atoms with Gasteiger partial charge in [-0.25, -0.2) is 4.98 Å². The Morgan fingerprint density at radius 3 is 2.72 bits per heavy atom. The molecule has 1 aromatic heterocycles. The third-order valence-electron chi connectivity index (χ3n) is 2.58. The van der Waals surface area contributed by atoms with Crippen LogP contribution >= 0.6 is 27.3 Å². The minimum Gasteiger partial charge on any atom is -0.237 e. The van der Waals surface area contributed by atoms with E-state index in [0.717, 1.165) is 15.0 Å². The molecule has 0 fully saturated rings. The normalized spacial score (nSPS) is 11.4. The summed E-state index contributed by atoms with van der Waals surface area (Å²) in [6.45, 7) is 0. The van der Waals surface area contributed by atoms with E-state index in [1.807, 2.05) is 30.3 Å². The molecule has 0 N–H and O–H groups in total. The Morgan fingerprint density at radius 2 is 1.89 bits per heavy atom. The van der Waals surface area contributed by atoms with Crippen molar-refractivity contribution in [3.63, 3.8) is 0 Å². The van der Waals surface area contributed by atoms with E-state index in [1.54, 1.807) is 11.3 Å². The van der Waals surface area contributed by atoms with Crippen molar-refractivity contribution in [3.05, 3.63) is 63.6 Å². The maximum absolute atomic E-state index is 4.57. The maximum Gasteiger partial charge on any atom is 0.117 e. The molecule has 18 heavy (non-hydrogen) atoms. The third-order valence-corrected chi connectivity index (χ3v) is 4.07. The number of thiazole rings is 1. The van der Waals surface area contributed by atoms with E-state index in [2.05, 4.69) is 51.3 Å². The van der Waals surface area contributed by atoms with Gasteiger partial charge in [-0.15, -0.1) is 11.3 Å². The zero-order valence-electron chi connectivity index (χ0n) is 9.51. The summed E-state index contributed by atoms with van der Waals surface area (Å²) in [5.41, 5.74) is 2.24. The summed E-state index contributed by atoms with van der Waals surface area (Å²) in [6.07, 6.45) is 4.15. The van der Waals surface area contributed by atoms with Crippen LogP contribution in [0.5, 0.6) is 0 Å². The van der Waals surface area contributed by atoms with Crippen molar-refractivity contribution in [2.75, 3.05) is 0 Å². The zero-order chi connectivity index (χ0) is 12.4. The van der Waals surface area contributed by atoms with Crippen molar-refractivity contribution < 1.29 is 0 Å². The van der Waals surface area contributed by atoms with Crippen LogP contribution in [-0.2, 0) is 0 Å². The monoisotopic (exact) mass is 315 g/mol. The van der Waals surface area contributed by atoms with Crippen LogP contribution in [0.1, 0.15) is 10.6 Å². The van der Waals surface area contributed by atoms with Crippen molar-refractivity contribution in [2.24, 2.45) is 0 Å². The van der Waals surface area contributed by atoms with Gasteiger partial charge in [-0.3, -0.25) is 0 Å². The minimum atomic E-state index is 1.04. The molecule has 88 valence electrons. The van der Waals surface area contributed by atoms with Crippen molar-refractivity contribution >= 4 is 49.6 Å². The van der Waals surface area contributed by atoms with Crippen LogP contribution in [0.2, 0.25) is 0 Å². The molecule has 1 heterocycles. The molecule has 1 nitrogen and oxygen atoms in total. The molecule has 0 amide bonds. The predicted octanol–water partition coefficient (Wildman–Crippen LogP) is 5.23. The zero-order valence-corrected chi connectivity index (χ0v) is 11.9. The average molecular weight is 316 g/mol. The fourth-order valence-corrected chi connectivity index (χ4v) is 3.03. The molecule has 0 bridgehead atoms. The first-order valence-corrected chi connectivity index (χ1v) is 7.21. The molecule has 3 aromatic rings. The molecule has 0 aliphatic carbocycles. The number of hydrogen-bond acceptors (Lipinski definition) is 2. The summed E-state index contributed by atoms with van der Waals surface area (Å²) in [5, 5.41) is 1.04. The van der Waals surface area contributed by atoms with Gasteiger partial charge in [0.15, 0.2) is 0 Å². The molecular weight excluding hydrogens is 306 g/mol. The molecule has 2 aromatic carbocycles. The van der Waals surface area contributed by atoms with Gasteiger partial charge in [-0.1, -0.05) is 46.3 Å². The topological polar surface area (TPSA) is 12.9 Å². The standard InChI is InChI=1S/C15H10BrNS/c16-12-5-3-4-11(10-12)8-9-15-17-13-6-1-2-7-14(13)18-15/h1-10H. The largest absolute Gasteiger partial charge is 0.237 e. The van der Waals surface area contributed by atoms with Crippen molar-refractivity contribution in [1.82, 2.24) is 4.98 Å². The lowest BCUT2D eigenvalue weighted by atomic mass is 10.2. The second-order valence-electron chi connectivity index (χ2n) is 3.91. The Bertz CT molecular complexity index is 682. The number of para-hydroxylation sites is 1. The highest BCUT2D eigenvalue weighted by molar-refractivity contribution is 9.10. The van der Waals surface area contributed by atoms with Gasteiger partial charge in [0.1, 0.15) is 5.01 Å². The first kappa shape index (κ1) is 11.6. The summed E-state index contributed by atoms with van der Waals surface area (Å²) in [6, 6.07) is 16.4. The highest BCUT2D eigenvalue weighted by atomic mass is 79.9. The van der Waals surface area contributed by atoms with Gasteiger partial charge in [0, 0.05) is 4.47 Å². The number of rotatable bonds is 2.